The van der Waals surface area contributed by atoms with Gasteiger partial charge in [0.2, 0.25) is 0 Å². The molecule has 2 N–H and O–H groups in total. The molecule has 292 valence electrons. The molecule has 0 aliphatic carbocycles. The Morgan fingerprint density at radius 2 is 0.776 bits per heavy atom. The highest BCUT2D eigenvalue weighted by atomic mass is 16.6. The lowest BCUT2D eigenvalue weighted by molar-refractivity contribution is -0.157. The topological polar surface area (TPSA) is 102 Å². The van der Waals surface area contributed by atoms with Crippen molar-refractivity contribution in [2.75, 3.05) is 26.4 Å². The second-order valence-electron chi connectivity index (χ2n) is 14.6. The summed E-state index contributed by atoms with van der Waals surface area (Å²) >= 11 is 0. The smallest absolute Gasteiger partial charge is 0.306 e. The van der Waals surface area contributed by atoms with Crippen LogP contribution in [0.2, 0.25) is 0 Å². The van der Waals surface area contributed by atoms with Crippen molar-refractivity contribution in [3.63, 3.8) is 0 Å². The molecule has 0 aliphatic heterocycles. The molecule has 0 spiro atoms. The Kier molecular flexibility index (Phi) is 38.6. The van der Waals surface area contributed by atoms with Crippen molar-refractivity contribution in [2.24, 2.45) is 0 Å². The molecule has 0 saturated carbocycles. The molecule has 0 saturated heterocycles. The number of carbonyl (C=O) groups is 2. The first kappa shape index (κ1) is 47.8. The highest BCUT2D eigenvalue weighted by Gasteiger charge is 2.16. The van der Waals surface area contributed by atoms with E-state index in [0.717, 1.165) is 38.5 Å². The lowest BCUT2D eigenvalue weighted by atomic mass is 10.0. The predicted octanol–water partition coefficient (Wildman–Crippen LogP) is 11.3. The summed E-state index contributed by atoms with van der Waals surface area (Å²) in [7, 11) is 0. The zero-order chi connectivity index (χ0) is 35.9. The van der Waals surface area contributed by atoms with E-state index in [1.54, 1.807) is 0 Å². The van der Waals surface area contributed by atoms with Crippen LogP contribution in [0.15, 0.2) is 0 Å². The molecule has 2 atom stereocenters. The third-order valence-corrected chi connectivity index (χ3v) is 9.52. The van der Waals surface area contributed by atoms with Gasteiger partial charge in [-0.05, 0) is 12.8 Å². The fourth-order valence-electron chi connectivity index (χ4n) is 6.30. The summed E-state index contributed by atoms with van der Waals surface area (Å²) in [4.78, 5) is 24.2. The highest BCUT2D eigenvalue weighted by Crippen LogP contribution is 2.15. The summed E-state index contributed by atoms with van der Waals surface area (Å²) in [5, 5.41) is 19.7. The van der Waals surface area contributed by atoms with Crippen molar-refractivity contribution in [2.45, 2.75) is 232 Å². The fraction of sp³-hybridized carbons (Fsp3) is 0.952. The van der Waals surface area contributed by atoms with Gasteiger partial charge in [-0.1, -0.05) is 194 Å². The number of carbonyl (C=O) groups excluding carboxylic acids is 2. The summed E-state index contributed by atoms with van der Waals surface area (Å²) < 4.78 is 15.9. The quantitative estimate of drug-likeness (QED) is 0.0485. The maximum atomic E-state index is 12.2. The third-order valence-electron chi connectivity index (χ3n) is 9.52. The molecule has 49 heavy (non-hydrogen) atoms. The summed E-state index contributed by atoms with van der Waals surface area (Å²) in [5.74, 6) is -0.625. The number of aliphatic hydroxyl groups excluding tert-OH is 2. The minimum atomic E-state index is -0.958. The Hall–Kier alpha value is -1.18. The van der Waals surface area contributed by atoms with Crippen LogP contribution >= 0.6 is 0 Å². The second kappa shape index (κ2) is 39.6. The Bertz CT molecular complexity index is 686. The first-order valence-corrected chi connectivity index (χ1v) is 21.2. The lowest BCUT2D eigenvalue weighted by Crippen LogP contribution is -2.30. The van der Waals surface area contributed by atoms with Crippen LogP contribution in [0.4, 0.5) is 0 Å². The fourth-order valence-corrected chi connectivity index (χ4v) is 6.30. The molecule has 0 bridgehead atoms. The van der Waals surface area contributed by atoms with Crippen molar-refractivity contribution in [1.29, 1.82) is 0 Å². The van der Waals surface area contributed by atoms with E-state index in [0.29, 0.717) is 12.8 Å². The summed E-state index contributed by atoms with van der Waals surface area (Å²) in [6.45, 7) is 4.00. The molecule has 7 nitrogen and oxygen atoms in total. The maximum absolute atomic E-state index is 12.2. The van der Waals surface area contributed by atoms with Crippen LogP contribution in [-0.2, 0) is 23.8 Å². The number of hydrogen-bond donors (Lipinski definition) is 2. The van der Waals surface area contributed by atoms with Gasteiger partial charge in [-0.3, -0.25) is 9.59 Å². The molecular formula is C42H82O7. The van der Waals surface area contributed by atoms with Crippen molar-refractivity contribution in [1.82, 2.24) is 0 Å². The van der Waals surface area contributed by atoms with E-state index in [2.05, 4.69) is 13.8 Å². The van der Waals surface area contributed by atoms with E-state index in [9.17, 15) is 19.8 Å². The van der Waals surface area contributed by atoms with E-state index in [1.807, 2.05) is 0 Å². The van der Waals surface area contributed by atoms with Crippen LogP contribution < -0.4 is 0 Å². The van der Waals surface area contributed by atoms with E-state index >= 15 is 0 Å². The Balaban J connectivity index is 3.56. The molecule has 0 heterocycles. The van der Waals surface area contributed by atoms with Gasteiger partial charge < -0.3 is 24.4 Å². The zero-order valence-electron chi connectivity index (χ0n) is 32.5. The molecule has 0 aromatic rings. The van der Waals surface area contributed by atoms with Gasteiger partial charge in [0, 0.05) is 12.8 Å². The van der Waals surface area contributed by atoms with E-state index in [-0.39, 0.29) is 38.4 Å². The molecule has 0 radical (unpaired) electrons. The molecular weight excluding hydrogens is 616 g/mol. The third kappa shape index (κ3) is 37.9. The Labute approximate surface area is 303 Å². The average Bonchev–Trinajstić information content (AvgIpc) is 3.10. The number of rotatable bonds is 40. The Morgan fingerprint density at radius 1 is 0.449 bits per heavy atom. The van der Waals surface area contributed by atoms with Crippen LogP contribution in [0.3, 0.4) is 0 Å². The average molecular weight is 699 g/mol. The van der Waals surface area contributed by atoms with Crippen molar-refractivity contribution >= 4 is 11.9 Å². The minimum Gasteiger partial charge on any atom is -0.463 e. The van der Waals surface area contributed by atoms with Gasteiger partial charge in [-0.2, -0.15) is 0 Å². The predicted molar refractivity (Wildman–Crippen MR) is 204 cm³/mol. The van der Waals surface area contributed by atoms with E-state index in [1.165, 1.54) is 154 Å². The minimum absolute atomic E-state index is 0.00870. The number of hydrogen-bond acceptors (Lipinski definition) is 7. The SMILES string of the molecule is CCCCCCCCCCCCCCCCCC(=O)OCC(O)COCC(CO)OC(=O)CCCCCCCCCCCCCCCCC. The van der Waals surface area contributed by atoms with E-state index < -0.39 is 12.2 Å². The van der Waals surface area contributed by atoms with Crippen LogP contribution in [0, 0.1) is 0 Å². The number of unbranched alkanes of at least 4 members (excludes halogenated alkanes) is 28. The summed E-state index contributed by atoms with van der Waals surface area (Å²) in [6.07, 6.45) is 37.3. The van der Waals surface area contributed by atoms with Crippen LogP contribution in [0.1, 0.15) is 219 Å². The van der Waals surface area contributed by atoms with Gasteiger partial charge in [0.1, 0.15) is 18.8 Å². The number of esters is 2. The van der Waals surface area contributed by atoms with Gasteiger partial charge in [0.15, 0.2) is 0 Å². The monoisotopic (exact) mass is 699 g/mol. The van der Waals surface area contributed by atoms with Gasteiger partial charge in [-0.25, -0.2) is 0 Å². The molecule has 0 amide bonds. The lowest BCUT2D eigenvalue weighted by Gasteiger charge is -2.17. The van der Waals surface area contributed by atoms with Gasteiger partial charge in [0.05, 0.1) is 19.8 Å². The maximum Gasteiger partial charge on any atom is 0.306 e. The number of ether oxygens (including phenoxy) is 3. The van der Waals surface area contributed by atoms with Crippen LogP contribution in [0.25, 0.3) is 0 Å². The largest absolute Gasteiger partial charge is 0.463 e. The molecule has 2 unspecified atom stereocenters. The summed E-state index contributed by atoms with van der Waals surface area (Å²) in [6, 6.07) is 0. The summed E-state index contributed by atoms with van der Waals surface area (Å²) in [5.41, 5.74) is 0. The number of aliphatic hydroxyl groups is 2. The zero-order valence-corrected chi connectivity index (χ0v) is 32.5. The molecule has 0 fully saturated rings. The molecule has 0 rings (SSSR count). The highest BCUT2D eigenvalue weighted by molar-refractivity contribution is 5.69. The second-order valence-corrected chi connectivity index (χ2v) is 14.6. The van der Waals surface area contributed by atoms with Crippen molar-refractivity contribution in [3.8, 4) is 0 Å². The van der Waals surface area contributed by atoms with Gasteiger partial charge in [-0.15, -0.1) is 0 Å². The van der Waals surface area contributed by atoms with Gasteiger partial charge in [0.25, 0.3) is 0 Å². The first-order valence-electron chi connectivity index (χ1n) is 21.2. The normalized spacial score (nSPS) is 12.7. The Morgan fingerprint density at radius 3 is 1.12 bits per heavy atom. The molecule has 0 aromatic heterocycles. The van der Waals surface area contributed by atoms with Crippen LogP contribution in [0.5, 0.6) is 0 Å². The standard InChI is InChI=1S/C42H82O7/c1-3-5-7-9-11-13-15-17-19-21-23-25-27-29-31-33-41(45)48-37-39(44)36-47-38-40(35-43)49-42(46)34-32-30-28-26-24-22-20-18-16-14-12-10-8-6-4-2/h39-40,43-44H,3-38H2,1-2H3. The van der Waals surface area contributed by atoms with Crippen molar-refractivity contribution < 1.29 is 34.0 Å². The van der Waals surface area contributed by atoms with Gasteiger partial charge >= 0.3 is 11.9 Å². The molecule has 0 aliphatic rings. The first-order chi connectivity index (χ1) is 24.0. The molecule has 7 heteroatoms. The van der Waals surface area contributed by atoms with E-state index in [4.69, 9.17) is 14.2 Å². The molecule has 0 aromatic carbocycles. The van der Waals surface area contributed by atoms with Crippen molar-refractivity contribution in [3.05, 3.63) is 0 Å². The van der Waals surface area contributed by atoms with Crippen LogP contribution in [-0.4, -0.2) is 60.8 Å².